The summed E-state index contributed by atoms with van der Waals surface area (Å²) in [7, 11) is 0. The van der Waals surface area contributed by atoms with Crippen LogP contribution in [-0.2, 0) is 0 Å². The van der Waals surface area contributed by atoms with E-state index in [9.17, 15) is 6.85 Å². The van der Waals surface area contributed by atoms with Crippen LogP contribution in [0.1, 0.15) is 20.6 Å². The van der Waals surface area contributed by atoms with Crippen LogP contribution in [-0.4, -0.2) is 0 Å². The molecule has 0 radical (unpaired) electrons. The monoisotopic (exact) mass is 561 g/mol. The highest BCUT2D eigenvalue weighted by Gasteiger charge is 2.21. The average Bonchev–Trinajstić information content (AvgIpc) is 3.64. The normalized spacial score (nSPS) is 16.6. The van der Waals surface area contributed by atoms with Gasteiger partial charge in [-0.1, -0.05) is 145 Å². The lowest BCUT2D eigenvalue weighted by Gasteiger charge is -2.20. The third kappa shape index (κ3) is 3.58. The third-order valence-corrected chi connectivity index (χ3v) is 7.85. The molecule has 1 nitrogen and oxygen atoms in total. The van der Waals surface area contributed by atoms with Crippen molar-refractivity contribution < 1.29 is 25.0 Å². The van der Waals surface area contributed by atoms with Crippen LogP contribution < -0.4 is 0 Å². The highest BCUT2D eigenvalue weighted by Crippen LogP contribution is 2.48. The molecule has 0 N–H and O–H groups in total. The first kappa shape index (κ1) is 13.5. The van der Waals surface area contributed by atoms with Gasteiger partial charge < -0.3 is 4.42 Å². The van der Waals surface area contributed by atoms with Gasteiger partial charge in [-0.2, -0.15) is 0 Å². The Morgan fingerprint density at radius 3 is 1.56 bits per heavy atom. The minimum absolute atomic E-state index is 0.0634. The average molecular weight is 562 g/mol. The molecule has 0 spiro atoms. The van der Waals surface area contributed by atoms with Gasteiger partial charge in [-0.15, -0.1) is 0 Å². The van der Waals surface area contributed by atoms with Crippen molar-refractivity contribution in [3.8, 4) is 33.4 Å². The van der Waals surface area contributed by atoms with Gasteiger partial charge in [-0.25, -0.2) is 0 Å². The molecule has 9 aromatic rings. The molecule has 0 aliphatic rings. The van der Waals surface area contributed by atoms with Crippen LogP contribution >= 0.6 is 0 Å². The molecule has 0 atom stereocenters. The zero-order valence-electron chi connectivity index (χ0n) is 37.3. The molecule has 1 aromatic heterocycles. The molecule has 8 aromatic carbocycles. The second kappa shape index (κ2) is 9.44. The van der Waals surface area contributed by atoms with E-state index in [4.69, 9.17) is 18.1 Å². The molecule has 0 amide bonds. The Kier molecular flexibility index (Phi) is 2.97. The van der Waals surface area contributed by atoms with E-state index in [2.05, 4.69) is 0 Å². The first-order valence-electron chi connectivity index (χ1n) is 21.1. The molecule has 43 heavy (non-hydrogen) atoms. The summed E-state index contributed by atoms with van der Waals surface area (Å²) in [6.07, 6.45) is 0. The van der Waals surface area contributed by atoms with Crippen LogP contribution in [0.5, 0.6) is 0 Å². The van der Waals surface area contributed by atoms with Crippen molar-refractivity contribution in [2.75, 3.05) is 0 Å². The van der Waals surface area contributed by atoms with Crippen LogP contribution in [0.25, 0.3) is 87.6 Å². The van der Waals surface area contributed by atoms with Gasteiger partial charge in [-0.3, -0.25) is 0 Å². The lowest BCUT2D eigenvalue weighted by Crippen LogP contribution is -1.92. The van der Waals surface area contributed by atoms with Crippen LogP contribution in [0, 0.1) is 0 Å². The fourth-order valence-electron chi connectivity index (χ4n) is 6.08. The highest BCUT2D eigenvalue weighted by molar-refractivity contribution is 6.27. The Bertz CT molecular complexity index is 3260. The van der Waals surface area contributed by atoms with E-state index >= 15 is 0 Å². The zero-order chi connectivity index (χ0) is 41.4. The third-order valence-electron chi connectivity index (χ3n) is 7.85. The van der Waals surface area contributed by atoms with Crippen molar-refractivity contribution >= 4 is 54.3 Å². The summed E-state index contributed by atoms with van der Waals surface area (Å²) in [5.41, 5.74) is 0.706. The van der Waals surface area contributed by atoms with Crippen LogP contribution in [0.2, 0.25) is 0 Å². The summed E-state index contributed by atoms with van der Waals surface area (Å²) in [4.78, 5) is 0. The highest BCUT2D eigenvalue weighted by atomic mass is 16.3. The molecule has 1 heteroatoms. The lowest BCUT2D eigenvalue weighted by molar-refractivity contribution is 0.669. The Labute approximate surface area is 270 Å². The molecule has 0 unspecified atom stereocenters. The maximum atomic E-state index is 9.45. The first-order chi connectivity index (χ1) is 27.6. The van der Waals surface area contributed by atoms with Gasteiger partial charge in [-0.05, 0) is 77.8 Å². The molecule has 200 valence electrons. The molecule has 0 aliphatic carbocycles. The van der Waals surface area contributed by atoms with Gasteiger partial charge in [0.15, 0.2) is 0 Å². The Balaban J connectivity index is 1.63. The van der Waals surface area contributed by atoms with Crippen molar-refractivity contribution in [1.82, 2.24) is 0 Å². The molecule has 1 heterocycles. The minimum atomic E-state index is -0.716. The number of furan rings is 1. The molecular weight excluding hydrogens is 520 g/mol. The summed E-state index contributed by atoms with van der Waals surface area (Å²) < 4.78 is 141. The van der Waals surface area contributed by atoms with Gasteiger partial charge in [0.05, 0.1) is 20.6 Å². The SMILES string of the molecule is [2H]c1c([2H])c([2H])c2c(oc3c([2H])c([2H])c([2H])c(-c4c5c([2H])c([2H])c([2H])c([2H])c5c(-c5ccc(-c6ccccc6)c6ccccc56)c5c([2H])c([2H])c([2H])c([2H])c45)c32)c1[2H]. The summed E-state index contributed by atoms with van der Waals surface area (Å²) in [5.74, 6) is 0. The maximum Gasteiger partial charge on any atom is 0.136 e. The lowest BCUT2D eigenvalue weighted by atomic mass is 9.83. The van der Waals surface area contributed by atoms with Crippen LogP contribution in [0.15, 0.2) is 162 Å². The summed E-state index contributed by atoms with van der Waals surface area (Å²) in [5, 5.41) is -0.00873. The van der Waals surface area contributed by atoms with Gasteiger partial charge in [0.2, 0.25) is 0 Å². The van der Waals surface area contributed by atoms with E-state index in [1.54, 1.807) is 12.1 Å². The van der Waals surface area contributed by atoms with Gasteiger partial charge in [0, 0.05) is 10.8 Å². The Morgan fingerprint density at radius 2 is 0.884 bits per heavy atom. The van der Waals surface area contributed by atoms with Gasteiger partial charge >= 0.3 is 0 Å². The first-order valence-corrected chi connectivity index (χ1v) is 13.6. The fourth-order valence-corrected chi connectivity index (χ4v) is 6.08. The Hall–Kier alpha value is -5.66. The Morgan fingerprint density at radius 1 is 0.372 bits per heavy atom. The van der Waals surface area contributed by atoms with Crippen molar-refractivity contribution in [3.05, 3.63) is 157 Å². The maximum absolute atomic E-state index is 9.45. The van der Waals surface area contributed by atoms with Crippen molar-refractivity contribution in [2.24, 2.45) is 0 Å². The van der Waals surface area contributed by atoms with Gasteiger partial charge in [0.25, 0.3) is 0 Å². The van der Waals surface area contributed by atoms with Gasteiger partial charge in [0.1, 0.15) is 11.2 Å². The molecular formula is C42H26O. The van der Waals surface area contributed by atoms with Crippen LogP contribution in [0.3, 0.4) is 0 Å². The standard InChI is InChI=1S/C42H26O/c1-2-13-27(14-3-1)28-25-26-35(30-16-5-4-15-29(28)30)40-31-17-6-8-19-33(31)41(34-20-9-7-18-32(34)40)37-22-12-24-39-42(37)36-21-10-11-23-38(36)43-39/h1-26H/i6D,7D,8D,9D,10D,11D,12D,17D,18D,19D,20D,21D,22D,23D,24D. The number of fused-ring (bicyclic) bond motifs is 6. The number of hydrogen-bond donors (Lipinski definition) is 0. The van der Waals surface area contributed by atoms with E-state index in [1.807, 2.05) is 54.6 Å². The fraction of sp³-hybridized carbons (Fsp3) is 0. The van der Waals surface area contributed by atoms with E-state index in [-0.39, 0.29) is 54.6 Å². The number of benzene rings is 8. The van der Waals surface area contributed by atoms with E-state index in [0.29, 0.717) is 10.9 Å². The second-order valence-electron chi connectivity index (χ2n) is 10.1. The molecule has 0 saturated carbocycles. The topological polar surface area (TPSA) is 13.1 Å². The minimum Gasteiger partial charge on any atom is -0.456 e. The quantitative estimate of drug-likeness (QED) is 0.196. The van der Waals surface area contributed by atoms with Crippen LogP contribution in [0.4, 0.5) is 0 Å². The number of rotatable bonds is 3. The molecule has 0 aliphatic heterocycles. The van der Waals surface area contributed by atoms with E-state index in [1.165, 1.54) is 0 Å². The largest absolute Gasteiger partial charge is 0.456 e. The predicted molar refractivity (Wildman–Crippen MR) is 183 cm³/mol. The summed E-state index contributed by atoms with van der Waals surface area (Å²) in [6.45, 7) is 0. The molecule has 0 saturated heterocycles. The molecule has 0 fully saturated rings. The summed E-state index contributed by atoms with van der Waals surface area (Å²) in [6, 6.07) is 10.9. The molecule has 0 bridgehead atoms. The van der Waals surface area contributed by atoms with Crippen molar-refractivity contribution in [1.29, 1.82) is 0 Å². The van der Waals surface area contributed by atoms with E-state index < -0.39 is 96.2 Å². The second-order valence-corrected chi connectivity index (χ2v) is 10.1. The predicted octanol–water partition coefficient (Wildman–Crippen LogP) is 12.0. The smallest absolute Gasteiger partial charge is 0.136 e. The number of para-hydroxylation sites is 1. The van der Waals surface area contributed by atoms with Crippen molar-refractivity contribution in [2.45, 2.75) is 0 Å². The number of hydrogen-bond acceptors (Lipinski definition) is 1. The zero-order valence-corrected chi connectivity index (χ0v) is 22.3. The van der Waals surface area contributed by atoms with Crippen molar-refractivity contribution in [3.63, 3.8) is 0 Å². The molecule has 9 rings (SSSR count). The van der Waals surface area contributed by atoms with E-state index in [0.717, 1.165) is 16.5 Å². The summed E-state index contributed by atoms with van der Waals surface area (Å²) >= 11 is 0.